The average Bonchev–Trinajstić information content (AvgIpc) is 3.27. The molecular formula is C22H23N3O3S2. The number of rotatable bonds is 7. The quantitative estimate of drug-likeness (QED) is 0.444. The lowest BCUT2D eigenvalue weighted by Gasteiger charge is -2.17. The van der Waals surface area contributed by atoms with E-state index in [0.717, 1.165) is 21.7 Å². The van der Waals surface area contributed by atoms with Crippen LogP contribution in [0.3, 0.4) is 0 Å². The highest BCUT2D eigenvalue weighted by atomic mass is 32.2. The third kappa shape index (κ3) is 5.21. The van der Waals surface area contributed by atoms with Crippen molar-refractivity contribution in [1.82, 2.24) is 9.73 Å². The summed E-state index contributed by atoms with van der Waals surface area (Å²) in [6.07, 6.45) is 0. The topological polar surface area (TPSA) is 78.8 Å². The van der Waals surface area contributed by atoms with Crippen molar-refractivity contribution in [2.45, 2.75) is 25.3 Å². The smallest absolute Gasteiger partial charge is 0.267 e. The number of sulfonamides is 1. The second kappa shape index (κ2) is 9.34. The average molecular weight is 442 g/mol. The van der Waals surface area contributed by atoms with E-state index in [1.165, 1.54) is 11.4 Å². The Morgan fingerprint density at radius 3 is 2.33 bits per heavy atom. The van der Waals surface area contributed by atoms with Crippen molar-refractivity contribution in [3.05, 3.63) is 87.6 Å². The van der Waals surface area contributed by atoms with Crippen LogP contribution in [0.25, 0.3) is 0 Å². The Labute approximate surface area is 180 Å². The third-order valence-electron chi connectivity index (χ3n) is 4.55. The maximum absolute atomic E-state index is 12.7. The zero-order chi connectivity index (χ0) is 21.7. The highest BCUT2D eigenvalue weighted by molar-refractivity contribution is 7.89. The molecule has 0 unspecified atom stereocenters. The van der Waals surface area contributed by atoms with E-state index in [9.17, 15) is 13.2 Å². The van der Waals surface area contributed by atoms with Gasteiger partial charge in [0.2, 0.25) is 10.0 Å². The van der Waals surface area contributed by atoms with E-state index < -0.39 is 10.0 Å². The summed E-state index contributed by atoms with van der Waals surface area (Å²) in [5, 5.41) is 6.08. The second-order valence-corrected chi connectivity index (χ2v) is 9.88. The Morgan fingerprint density at radius 1 is 1.07 bits per heavy atom. The summed E-state index contributed by atoms with van der Waals surface area (Å²) in [6, 6.07) is 17.4. The van der Waals surface area contributed by atoms with Gasteiger partial charge in [-0.3, -0.25) is 4.79 Å². The highest BCUT2D eigenvalue weighted by Gasteiger charge is 2.20. The van der Waals surface area contributed by atoms with Gasteiger partial charge < -0.3 is 0 Å². The molecule has 1 heterocycles. The number of aryl methyl sites for hydroxylation is 1. The minimum atomic E-state index is -3.58. The van der Waals surface area contributed by atoms with E-state index in [0.29, 0.717) is 5.56 Å². The SMILES string of the molecule is C/C(=N\NC(=O)c1ccc(CN(C)S(=O)(=O)c2ccc(C)cc2)cc1)c1cccs1. The maximum atomic E-state index is 12.7. The summed E-state index contributed by atoms with van der Waals surface area (Å²) < 4.78 is 26.7. The highest BCUT2D eigenvalue weighted by Crippen LogP contribution is 2.18. The van der Waals surface area contributed by atoms with Gasteiger partial charge in [0.1, 0.15) is 0 Å². The monoisotopic (exact) mass is 441 g/mol. The van der Waals surface area contributed by atoms with Gasteiger partial charge in [-0.15, -0.1) is 11.3 Å². The van der Waals surface area contributed by atoms with E-state index >= 15 is 0 Å². The number of carbonyl (C=O) groups is 1. The van der Waals surface area contributed by atoms with E-state index in [1.807, 2.05) is 31.4 Å². The van der Waals surface area contributed by atoms with Gasteiger partial charge >= 0.3 is 0 Å². The first-order chi connectivity index (χ1) is 14.3. The summed E-state index contributed by atoms with van der Waals surface area (Å²) in [4.78, 5) is 13.5. The van der Waals surface area contributed by atoms with Gasteiger partial charge in [0.05, 0.1) is 10.6 Å². The minimum absolute atomic E-state index is 0.202. The number of hydrazone groups is 1. The molecule has 2 aromatic carbocycles. The van der Waals surface area contributed by atoms with Crippen LogP contribution in [0.15, 0.2) is 76.0 Å². The number of carbonyl (C=O) groups excluding carboxylic acids is 1. The molecule has 156 valence electrons. The summed E-state index contributed by atoms with van der Waals surface area (Å²) in [7, 11) is -2.04. The number of thiophene rings is 1. The molecular weight excluding hydrogens is 418 g/mol. The molecule has 1 amide bonds. The van der Waals surface area contributed by atoms with Crippen LogP contribution in [0.4, 0.5) is 0 Å². The van der Waals surface area contributed by atoms with Gasteiger partial charge in [0, 0.05) is 24.0 Å². The van der Waals surface area contributed by atoms with Crippen LogP contribution >= 0.6 is 11.3 Å². The molecule has 0 atom stereocenters. The Morgan fingerprint density at radius 2 is 1.73 bits per heavy atom. The number of nitrogens with zero attached hydrogens (tertiary/aromatic N) is 2. The molecule has 1 N–H and O–H groups in total. The van der Waals surface area contributed by atoms with Crippen molar-refractivity contribution >= 4 is 33.0 Å². The van der Waals surface area contributed by atoms with E-state index in [1.54, 1.807) is 59.9 Å². The van der Waals surface area contributed by atoms with Crippen molar-refractivity contribution in [2.24, 2.45) is 5.10 Å². The van der Waals surface area contributed by atoms with Gasteiger partial charge in [-0.25, -0.2) is 13.8 Å². The number of hydrogen-bond acceptors (Lipinski definition) is 5. The lowest BCUT2D eigenvalue weighted by atomic mass is 10.1. The van der Waals surface area contributed by atoms with Crippen molar-refractivity contribution in [3.8, 4) is 0 Å². The van der Waals surface area contributed by atoms with Crippen LogP contribution in [0, 0.1) is 6.92 Å². The molecule has 3 aromatic rings. The van der Waals surface area contributed by atoms with Crippen molar-refractivity contribution in [3.63, 3.8) is 0 Å². The Hall–Kier alpha value is -2.81. The first-order valence-corrected chi connectivity index (χ1v) is 11.6. The van der Waals surface area contributed by atoms with Crippen molar-refractivity contribution < 1.29 is 13.2 Å². The molecule has 3 rings (SSSR count). The standard InChI is InChI=1S/C22H23N3O3S2/c1-16-6-12-20(13-7-16)30(27,28)25(3)15-18-8-10-19(11-9-18)22(26)24-23-17(2)21-5-4-14-29-21/h4-14H,15H2,1-3H3,(H,24,26)/b23-17+. The predicted molar refractivity (Wildman–Crippen MR) is 120 cm³/mol. The van der Waals surface area contributed by atoms with E-state index in [2.05, 4.69) is 10.5 Å². The first kappa shape index (κ1) is 21.9. The van der Waals surface area contributed by atoms with Crippen molar-refractivity contribution in [1.29, 1.82) is 0 Å². The molecule has 6 nitrogen and oxygen atoms in total. The fraction of sp³-hybridized carbons (Fsp3) is 0.182. The third-order valence-corrected chi connectivity index (χ3v) is 7.35. The first-order valence-electron chi connectivity index (χ1n) is 9.28. The van der Waals surface area contributed by atoms with Crippen LogP contribution < -0.4 is 5.43 Å². The molecule has 30 heavy (non-hydrogen) atoms. The number of amides is 1. The largest absolute Gasteiger partial charge is 0.271 e. The summed E-state index contributed by atoms with van der Waals surface area (Å²) in [6.45, 7) is 3.94. The van der Waals surface area contributed by atoms with Crippen LogP contribution in [0.5, 0.6) is 0 Å². The molecule has 1 aromatic heterocycles. The normalized spacial score (nSPS) is 12.2. The van der Waals surface area contributed by atoms with Crippen LogP contribution in [0.2, 0.25) is 0 Å². The fourth-order valence-corrected chi connectivity index (χ4v) is 4.57. The maximum Gasteiger partial charge on any atom is 0.271 e. The molecule has 0 fully saturated rings. The predicted octanol–water partition coefficient (Wildman–Crippen LogP) is 4.03. The molecule has 0 radical (unpaired) electrons. The summed E-state index contributed by atoms with van der Waals surface area (Å²) in [5.74, 6) is -0.321. The molecule has 0 bridgehead atoms. The Balaban J connectivity index is 1.64. The summed E-state index contributed by atoms with van der Waals surface area (Å²) in [5.41, 5.74) is 5.51. The lowest BCUT2D eigenvalue weighted by Crippen LogP contribution is -2.26. The van der Waals surface area contributed by atoms with Gasteiger partial charge in [-0.1, -0.05) is 35.9 Å². The number of benzene rings is 2. The number of nitrogens with one attached hydrogen (secondary N) is 1. The minimum Gasteiger partial charge on any atom is -0.267 e. The molecule has 8 heteroatoms. The number of hydrogen-bond donors (Lipinski definition) is 1. The Kier molecular flexibility index (Phi) is 6.81. The van der Waals surface area contributed by atoms with E-state index in [4.69, 9.17) is 0 Å². The van der Waals surface area contributed by atoms with E-state index in [-0.39, 0.29) is 17.3 Å². The van der Waals surface area contributed by atoms with Crippen molar-refractivity contribution in [2.75, 3.05) is 7.05 Å². The molecule has 0 aliphatic carbocycles. The van der Waals surface area contributed by atoms with Gasteiger partial charge in [-0.05, 0) is 55.1 Å². The summed E-state index contributed by atoms with van der Waals surface area (Å²) >= 11 is 1.55. The molecule has 0 spiro atoms. The lowest BCUT2D eigenvalue weighted by molar-refractivity contribution is 0.0955. The molecule has 0 aliphatic rings. The molecule has 0 aliphatic heterocycles. The molecule has 0 saturated heterocycles. The van der Waals surface area contributed by atoms with Gasteiger partial charge in [0.15, 0.2) is 0 Å². The van der Waals surface area contributed by atoms with Gasteiger partial charge in [-0.2, -0.15) is 9.41 Å². The van der Waals surface area contributed by atoms with Crippen LogP contribution in [0.1, 0.15) is 33.3 Å². The van der Waals surface area contributed by atoms with Crippen LogP contribution in [-0.2, 0) is 16.6 Å². The zero-order valence-corrected chi connectivity index (χ0v) is 18.6. The Bertz CT molecular complexity index is 1140. The zero-order valence-electron chi connectivity index (χ0n) is 17.0. The van der Waals surface area contributed by atoms with Crippen LogP contribution in [-0.4, -0.2) is 31.4 Å². The fourth-order valence-electron chi connectivity index (χ4n) is 2.73. The molecule has 0 saturated carbocycles. The second-order valence-electron chi connectivity index (χ2n) is 6.89. The van der Waals surface area contributed by atoms with Gasteiger partial charge in [0.25, 0.3) is 5.91 Å².